The van der Waals surface area contributed by atoms with E-state index in [1.54, 1.807) is 13.3 Å². The molecule has 4 heterocycles. The highest BCUT2D eigenvalue weighted by molar-refractivity contribution is 7.20. The molecule has 7 heteroatoms. The lowest BCUT2D eigenvalue weighted by Crippen LogP contribution is -2.27. The van der Waals surface area contributed by atoms with Gasteiger partial charge >= 0.3 is 0 Å². The third-order valence-corrected chi connectivity index (χ3v) is 7.22. The predicted molar refractivity (Wildman–Crippen MR) is 128 cm³/mol. The number of pyridine rings is 2. The van der Waals surface area contributed by atoms with Crippen molar-refractivity contribution in [3.05, 3.63) is 70.9 Å². The zero-order chi connectivity index (χ0) is 21.9. The molecule has 0 bridgehead atoms. The van der Waals surface area contributed by atoms with Gasteiger partial charge in [-0.05, 0) is 36.2 Å². The molecule has 0 unspecified atom stereocenters. The molecule has 1 N–H and O–H groups in total. The highest BCUT2D eigenvalue weighted by Gasteiger charge is 2.31. The molecule has 5 rings (SSSR count). The van der Waals surface area contributed by atoms with Gasteiger partial charge in [0.1, 0.15) is 4.83 Å². The average molecular weight is 447 g/mol. The van der Waals surface area contributed by atoms with Crippen LogP contribution >= 0.6 is 11.3 Å². The maximum absolute atomic E-state index is 13.0. The smallest absolute Gasteiger partial charge is 0.261 e. The maximum atomic E-state index is 13.0. The van der Waals surface area contributed by atoms with E-state index in [2.05, 4.69) is 50.5 Å². The Kier molecular flexibility index (Phi) is 6.12. The van der Waals surface area contributed by atoms with Crippen molar-refractivity contribution in [1.29, 1.82) is 0 Å². The van der Waals surface area contributed by atoms with Crippen molar-refractivity contribution < 1.29 is 9.53 Å². The normalized spacial score (nSPS) is 16.7. The van der Waals surface area contributed by atoms with E-state index < -0.39 is 0 Å². The molecule has 6 nitrogen and oxygen atoms in total. The van der Waals surface area contributed by atoms with Crippen molar-refractivity contribution in [3.8, 4) is 0 Å². The first-order valence-corrected chi connectivity index (χ1v) is 11.8. The molecule has 1 amide bonds. The molecule has 0 saturated carbocycles. The van der Waals surface area contributed by atoms with Crippen molar-refractivity contribution in [2.75, 3.05) is 33.4 Å². The van der Waals surface area contributed by atoms with Crippen LogP contribution in [-0.4, -0.2) is 54.1 Å². The van der Waals surface area contributed by atoms with Gasteiger partial charge in [-0.15, -0.1) is 11.3 Å². The van der Waals surface area contributed by atoms with Crippen molar-refractivity contribution in [1.82, 2.24) is 20.2 Å². The van der Waals surface area contributed by atoms with Gasteiger partial charge in [-0.2, -0.15) is 0 Å². The van der Waals surface area contributed by atoms with Crippen LogP contribution in [0, 0.1) is 0 Å². The molecule has 1 saturated heterocycles. The molecular weight excluding hydrogens is 420 g/mol. The van der Waals surface area contributed by atoms with Crippen LogP contribution in [0.25, 0.3) is 21.1 Å². The second kappa shape index (κ2) is 9.32. The Morgan fingerprint density at radius 3 is 2.94 bits per heavy atom. The quantitative estimate of drug-likeness (QED) is 0.431. The number of hydrogen-bond donors (Lipinski definition) is 1. The molecule has 1 fully saturated rings. The molecule has 32 heavy (non-hydrogen) atoms. The molecule has 1 aliphatic rings. The molecule has 0 aliphatic carbocycles. The molecule has 1 aromatic carbocycles. The van der Waals surface area contributed by atoms with E-state index in [0.717, 1.165) is 52.2 Å². The Labute approximate surface area is 191 Å². The maximum Gasteiger partial charge on any atom is 0.261 e. The first-order chi connectivity index (χ1) is 15.7. The van der Waals surface area contributed by atoms with Crippen molar-refractivity contribution in [2.24, 2.45) is 0 Å². The first-order valence-electron chi connectivity index (χ1n) is 10.9. The lowest BCUT2D eigenvalue weighted by atomic mass is 9.95. The molecule has 1 aliphatic heterocycles. The number of rotatable bonds is 7. The minimum absolute atomic E-state index is 0.0308. The third-order valence-electron chi connectivity index (χ3n) is 6.09. The van der Waals surface area contributed by atoms with E-state index in [9.17, 15) is 4.79 Å². The van der Waals surface area contributed by atoms with E-state index in [1.165, 1.54) is 22.3 Å². The first kappa shape index (κ1) is 21.0. The molecule has 3 aromatic heterocycles. The summed E-state index contributed by atoms with van der Waals surface area (Å²) >= 11 is 1.49. The Hall–Kier alpha value is -2.87. The standard InChI is InChI=1S/C25H26N4O2S/c1-31-14-12-27-24(30)23-21(20-8-4-11-28-25(20)32-23)18-9-13-29(15-18)16-19-6-2-5-17-7-3-10-26-22(17)19/h2-8,10-11,18H,9,12-16H2,1H3,(H,27,30)/t18-/m0/s1. The van der Waals surface area contributed by atoms with Crippen LogP contribution in [0.5, 0.6) is 0 Å². The SMILES string of the molecule is COCCNC(=O)c1sc2ncccc2c1[C@H]1CCN(Cc2cccc3cccnc23)C1. The summed E-state index contributed by atoms with van der Waals surface area (Å²) < 4.78 is 5.08. The van der Waals surface area contributed by atoms with Gasteiger partial charge in [0.2, 0.25) is 0 Å². The van der Waals surface area contributed by atoms with Gasteiger partial charge in [0, 0.05) is 55.8 Å². The van der Waals surface area contributed by atoms with E-state index in [0.29, 0.717) is 19.1 Å². The van der Waals surface area contributed by atoms with Crippen molar-refractivity contribution in [2.45, 2.75) is 18.9 Å². The summed E-state index contributed by atoms with van der Waals surface area (Å²) in [5, 5.41) is 5.27. The number of nitrogens with zero attached hydrogens (tertiary/aromatic N) is 3. The van der Waals surface area contributed by atoms with Gasteiger partial charge in [0.15, 0.2) is 0 Å². The molecule has 4 aromatic rings. The van der Waals surface area contributed by atoms with Crippen LogP contribution in [0.4, 0.5) is 0 Å². The zero-order valence-corrected chi connectivity index (χ0v) is 18.9. The number of ether oxygens (including phenoxy) is 1. The number of likely N-dealkylation sites (tertiary alicyclic amines) is 1. The lowest BCUT2D eigenvalue weighted by Gasteiger charge is -2.18. The summed E-state index contributed by atoms with van der Waals surface area (Å²) in [5.74, 6) is 0.274. The number of para-hydroxylation sites is 1. The number of thiophene rings is 1. The lowest BCUT2D eigenvalue weighted by molar-refractivity contribution is 0.0940. The van der Waals surface area contributed by atoms with Crippen LogP contribution in [-0.2, 0) is 11.3 Å². The highest BCUT2D eigenvalue weighted by atomic mass is 32.1. The fraction of sp³-hybridized carbons (Fsp3) is 0.320. The number of nitrogens with one attached hydrogen (secondary N) is 1. The van der Waals surface area contributed by atoms with Gasteiger partial charge in [0.05, 0.1) is 17.0 Å². The van der Waals surface area contributed by atoms with Gasteiger partial charge in [0.25, 0.3) is 5.91 Å². The van der Waals surface area contributed by atoms with E-state index in [4.69, 9.17) is 4.74 Å². The summed E-state index contributed by atoms with van der Waals surface area (Å²) in [6.45, 7) is 3.78. The monoisotopic (exact) mass is 446 g/mol. The van der Waals surface area contributed by atoms with Gasteiger partial charge in [-0.1, -0.05) is 30.3 Å². The molecular formula is C25H26N4O2S. The zero-order valence-electron chi connectivity index (χ0n) is 18.1. The third kappa shape index (κ3) is 4.11. The molecule has 1 atom stereocenters. The minimum atomic E-state index is -0.0308. The molecule has 0 radical (unpaired) electrons. The van der Waals surface area contributed by atoms with E-state index in [-0.39, 0.29) is 5.91 Å². The van der Waals surface area contributed by atoms with Gasteiger partial charge < -0.3 is 10.1 Å². The predicted octanol–water partition coefficient (Wildman–Crippen LogP) is 4.21. The number of carbonyl (C=O) groups is 1. The Morgan fingerprint density at radius 2 is 2.03 bits per heavy atom. The van der Waals surface area contributed by atoms with Crippen LogP contribution in [0.2, 0.25) is 0 Å². The number of amides is 1. The van der Waals surface area contributed by atoms with Crippen LogP contribution in [0.3, 0.4) is 0 Å². The largest absolute Gasteiger partial charge is 0.383 e. The van der Waals surface area contributed by atoms with Crippen LogP contribution in [0.1, 0.15) is 33.1 Å². The van der Waals surface area contributed by atoms with Crippen LogP contribution < -0.4 is 5.32 Å². The van der Waals surface area contributed by atoms with Crippen LogP contribution in [0.15, 0.2) is 54.9 Å². The summed E-state index contributed by atoms with van der Waals surface area (Å²) in [4.78, 5) is 26.3. The molecule has 164 valence electrons. The Balaban J connectivity index is 1.40. The summed E-state index contributed by atoms with van der Waals surface area (Å²) in [5.41, 5.74) is 3.46. The number of methoxy groups -OCH3 is 1. The number of hydrogen-bond acceptors (Lipinski definition) is 6. The number of carbonyl (C=O) groups excluding carboxylic acids is 1. The fourth-order valence-corrected chi connectivity index (χ4v) is 5.77. The fourth-order valence-electron chi connectivity index (χ4n) is 4.62. The Bertz CT molecular complexity index is 1250. The van der Waals surface area contributed by atoms with E-state index >= 15 is 0 Å². The second-order valence-corrected chi connectivity index (χ2v) is 9.16. The summed E-state index contributed by atoms with van der Waals surface area (Å²) in [6.07, 6.45) is 4.68. The molecule has 0 spiro atoms. The Morgan fingerprint density at radius 1 is 1.19 bits per heavy atom. The summed E-state index contributed by atoms with van der Waals surface area (Å²) in [6, 6.07) is 14.5. The van der Waals surface area contributed by atoms with Crippen molar-refractivity contribution in [3.63, 3.8) is 0 Å². The highest BCUT2D eigenvalue weighted by Crippen LogP contribution is 2.39. The van der Waals surface area contributed by atoms with Gasteiger partial charge in [-0.3, -0.25) is 14.7 Å². The van der Waals surface area contributed by atoms with E-state index in [1.807, 2.05) is 18.3 Å². The summed E-state index contributed by atoms with van der Waals surface area (Å²) in [7, 11) is 1.64. The van der Waals surface area contributed by atoms with Gasteiger partial charge in [-0.25, -0.2) is 4.98 Å². The topological polar surface area (TPSA) is 67.3 Å². The number of fused-ring (bicyclic) bond motifs is 2. The average Bonchev–Trinajstić information content (AvgIpc) is 3.44. The number of benzene rings is 1. The second-order valence-electron chi connectivity index (χ2n) is 8.16. The van der Waals surface area contributed by atoms with Crippen molar-refractivity contribution >= 4 is 38.4 Å². The number of aromatic nitrogens is 2. The minimum Gasteiger partial charge on any atom is -0.383 e.